The van der Waals surface area contributed by atoms with Crippen molar-refractivity contribution in [3.05, 3.63) is 87.6 Å². The van der Waals surface area contributed by atoms with Gasteiger partial charge in [0.15, 0.2) is 0 Å². The lowest BCUT2D eigenvalue weighted by Crippen LogP contribution is -2.21. The number of hydrogen-bond donors (Lipinski definition) is 1. The summed E-state index contributed by atoms with van der Waals surface area (Å²) in [5.41, 5.74) is 2.19. The van der Waals surface area contributed by atoms with E-state index in [1.54, 1.807) is 54.8 Å². The van der Waals surface area contributed by atoms with Crippen LogP contribution in [0.4, 0.5) is 5.69 Å². The number of anilines is 1. The second kappa shape index (κ2) is 8.37. The van der Waals surface area contributed by atoms with Crippen molar-refractivity contribution in [3.63, 3.8) is 0 Å². The Labute approximate surface area is 181 Å². The summed E-state index contributed by atoms with van der Waals surface area (Å²) in [6.45, 7) is 1.72. The summed E-state index contributed by atoms with van der Waals surface area (Å²) < 4.78 is 5.41. The van der Waals surface area contributed by atoms with E-state index in [-0.39, 0.29) is 11.5 Å². The highest BCUT2D eigenvalue weighted by Crippen LogP contribution is 2.26. The highest BCUT2D eigenvalue weighted by Gasteiger charge is 2.28. The molecule has 154 valence electrons. The zero-order chi connectivity index (χ0) is 22.0. The normalized spacial score (nSPS) is 14.6. The number of rotatable bonds is 5. The van der Waals surface area contributed by atoms with Gasteiger partial charge in [-0.05, 0) is 66.4 Å². The third-order valence-corrected chi connectivity index (χ3v) is 5.37. The van der Waals surface area contributed by atoms with Gasteiger partial charge in [-0.15, -0.1) is 11.3 Å². The molecule has 2 heterocycles. The summed E-state index contributed by atoms with van der Waals surface area (Å²) in [7, 11) is 0. The number of aromatic carboxylic acids is 1. The van der Waals surface area contributed by atoms with Gasteiger partial charge in [0.25, 0.3) is 5.91 Å². The number of nitrogens with zero attached hydrogens (tertiary/aromatic N) is 2. The molecule has 1 aromatic heterocycles. The molecule has 1 amide bonds. The van der Waals surface area contributed by atoms with Gasteiger partial charge in [0.1, 0.15) is 10.6 Å². The summed E-state index contributed by atoms with van der Waals surface area (Å²) in [5.74, 6) is -1.44. The summed E-state index contributed by atoms with van der Waals surface area (Å²) >= 11 is 1.30. The van der Waals surface area contributed by atoms with Gasteiger partial charge in [0.05, 0.1) is 22.5 Å². The Morgan fingerprint density at radius 2 is 1.87 bits per heavy atom. The fraction of sp³-hybridized carbons (Fsp3) is 0.0435. The number of esters is 1. The third kappa shape index (κ3) is 4.29. The van der Waals surface area contributed by atoms with Gasteiger partial charge >= 0.3 is 11.9 Å². The average molecular weight is 432 g/mol. The smallest absolute Gasteiger partial charge is 0.353 e. The van der Waals surface area contributed by atoms with Crippen LogP contribution in [0.1, 0.15) is 32.5 Å². The van der Waals surface area contributed by atoms with Crippen LogP contribution in [0, 0.1) is 0 Å². The highest BCUT2D eigenvalue weighted by molar-refractivity contribution is 7.12. The fourth-order valence-corrected chi connectivity index (χ4v) is 3.59. The van der Waals surface area contributed by atoms with E-state index in [2.05, 4.69) is 5.10 Å². The minimum atomic E-state index is -1.04. The number of benzene rings is 2. The molecule has 1 aliphatic heterocycles. The predicted octanol–water partition coefficient (Wildman–Crippen LogP) is 4.47. The molecule has 0 spiro atoms. The first-order valence-corrected chi connectivity index (χ1v) is 10.1. The number of ether oxygens (including phenoxy) is 1. The number of hydrogen-bond acceptors (Lipinski definition) is 6. The van der Waals surface area contributed by atoms with Crippen molar-refractivity contribution < 1.29 is 24.2 Å². The largest absolute Gasteiger partial charge is 0.478 e. The maximum absolute atomic E-state index is 12.9. The topological polar surface area (TPSA) is 96.3 Å². The van der Waals surface area contributed by atoms with Gasteiger partial charge in [-0.1, -0.05) is 18.2 Å². The molecule has 31 heavy (non-hydrogen) atoms. The number of carboxylic acids is 1. The molecule has 0 bridgehead atoms. The van der Waals surface area contributed by atoms with E-state index in [1.165, 1.54) is 40.6 Å². The molecule has 0 saturated carbocycles. The van der Waals surface area contributed by atoms with Gasteiger partial charge in [-0.2, -0.15) is 10.1 Å². The molecule has 0 saturated heterocycles. The second-order valence-electron chi connectivity index (χ2n) is 6.65. The van der Waals surface area contributed by atoms with Crippen LogP contribution in [0.25, 0.3) is 6.08 Å². The summed E-state index contributed by atoms with van der Waals surface area (Å²) in [4.78, 5) is 36.6. The van der Waals surface area contributed by atoms with Crippen molar-refractivity contribution in [3.8, 4) is 5.75 Å². The van der Waals surface area contributed by atoms with Crippen molar-refractivity contribution >= 4 is 46.7 Å². The first-order valence-electron chi connectivity index (χ1n) is 9.23. The molecular formula is C23H16N2O5S. The maximum Gasteiger partial charge on any atom is 0.353 e. The minimum absolute atomic E-state index is 0.126. The Kier molecular flexibility index (Phi) is 5.46. The van der Waals surface area contributed by atoms with Crippen molar-refractivity contribution in [1.82, 2.24) is 0 Å². The van der Waals surface area contributed by atoms with Crippen LogP contribution in [-0.2, 0) is 4.79 Å². The van der Waals surface area contributed by atoms with Crippen LogP contribution in [0.15, 0.2) is 76.7 Å². The molecule has 8 heteroatoms. The first kappa shape index (κ1) is 20.2. The lowest BCUT2D eigenvalue weighted by atomic mass is 10.1. The first-order chi connectivity index (χ1) is 14.9. The molecule has 1 aliphatic rings. The number of amides is 1. The van der Waals surface area contributed by atoms with Gasteiger partial charge < -0.3 is 9.84 Å². The van der Waals surface area contributed by atoms with Crippen LogP contribution in [0.5, 0.6) is 5.75 Å². The Balaban J connectivity index is 1.55. The molecule has 0 radical (unpaired) electrons. The predicted molar refractivity (Wildman–Crippen MR) is 118 cm³/mol. The molecule has 2 aromatic carbocycles. The van der Waals surface area contributed by atoms with E-state index in [0.717, 1.165) is 0 Å². The molecule has 3 aromatic rings. The SMILES string of the molecule is CC1=NN(c2ccc(C(=O)O)cc2)C(=O)C1=Cc1cccc(OC(=O)c2cccs2)c1. The van der Waals surface area contributed by atoms with E-state index in [9.17, 15) is 14.4 Å². The van der Waals surface area contributed by atoms with Crippen LogP contribution in [0.3, 0.4) is 0 Å². The maximum atomic E-state index is 12.9. The molecule has 0 unspecified atom stereocenters. The Bertz CT molecular complexity index is 1230. The molecular weight excluding hydrogens is 416 g/mol. The highest BCUT2D eigenvalue weighted by atomic mass is 32.1. The molecule has 4 rings (SSSR count). The molecule has 1 N–H and O–H groups in total. The van der Waals surface area contributed by atoms with Crippen LogP contribution in [-0.4, -0.2) is 28.7 Å². The number of hydrazone groups is 1. The quantitative estimate of drug-likeness (QED) is 0.365. The zero-order valence-corrected chi connectivity index (χ0v) is 17.1. The Hall–Kier alpha value is -4.04. The number of carbonyl (C=O) groups is 3. The summed E-state index contributed by atoms with van der Waals surface area (Å²) in [6, 6.07) is 16.2. The standard InChI is InChI=1S/C23H16N2O5S/c1-14-19(21(26)25(24-14)17-9-7-16(8-10-17)22(27)28)13-15-4-2-5-18(12-15)30-23(29)20-6-3-11-31-20/h2-13H,1H3,(H,27,28). The Morgan fingerprint density at radius 1 is 1.10 bits per heavy atom. The molecule has 7 nitrogen and oxygen atoms in total. The van der Waals surface area contributed by atoms with Crippen LogP contribution >= 0.6 is 11.3 Å². The van der Waals surface area contributed by atoms with Gasteiger partial charge in [-0.3, -0.25) is 4.79 Å². The lowest BCUT2D eigenvalue weighted by Gasteiger charge is -2.11. The van der Waals surface area contributed by atoms with E-state index in [4.69, 9.17) is 9.84 Å². The molecule has 0 aliphatic carbocycles. The van der Waals surface area contributed by atoms with E-state index in [1.807, 2.05) is 0 Å². The lowest BCUT2D eigenvalue weighted by molar-refractivity contribution is -0.114. The van der Waals surface area contributed by atoms with Crippen molar-refractivity contribution in [1.29, 1.82) is 0 Å². The van der Waals surface area contributed by atoms with E-state index < -0.39 is 11.9 Å². The minimum Gasteiger partial charge on any atom is -0.478 e. The third-order valence-electron chi connectivity index (χ3n) is 4.52. The van der Waals surface area contributed by atoms with Crippen molar-refractivity contribution in [2.75, 3.05) is 5.01 Å². The van der Waals surface area contributed by atoms with E-state index in [0.29, 0.717) is 33.2 Å². The van der Waals surface area contributed by atoms with Crippen molar-refractivity contribution in [2.24, 2.45) is 5.10 Å². The van der Waals surface area contributed by atoms with Crippen LogP contribution in [0.2, 0.25) is 0 Å². The van der Waals surface area contributed by atoms with Gasteiger partial charge in [0.2, 0.25) is 0 Å². The van der Waals surface area contributed by atoms with Crippen LogP contribution < -0.4 is 9.75 Å². The molecule has 0 fully saturated rings. The number of carboxylic acid groups (broad SMARTS) is 1. The molecule has 0 atom stereocenters. The van der Waals surface area contributed by atoms with E-state index >= 15 is 0 Å². The average Bonchev–Trinajstić information content (AvgIpc) is 3.39. The fourth-order valence-electron chi connectivity index (χ4n) is 2.99. The van der Waals surface area contributed by atoms with Crippen molar-refractivity contribution in [2.45, 2.75) is 6.92 Å². The Morgan fingerprint density at radius 3 is 2.55 bits per heavy atom. The summed E-state index contributed by atoms with van der Waals surface area (Å²) in [6.07, 6.45) is 1.68. The zero-order valence-electron chi connectivity index (χ0n) is 16.3. The monoisotopic (exact) mass is 432 g/mol. The van der Waals surface area contributed by atoms with Gasteiger partial charge in [0, 0.05) is 0 Å². The number of carbonyl (C=O) groups excluding carboxylic acids is 2. The second-order valence-corrected chi connectivity index (χ2v) is 7.60. The summed E-state index contributed by atoms with van der Waals surface area (Å²) in [5, 5.41) is 16.3. The van der Waals surface area contributed by atoms with Gasteiger partial charge in [-0.25, -0.2) is 9.59 Å². The number of thiophene rings is 1.